The topological polar surface area (TPSA) is 89.8 Å². The molecule has 2 rings (SSSR count). The molecule has 1 aliphatic rings. The maximum absolute atomic E-state index is 12.6. The molecular weight excluding hydrogens is 353 g/mol. The minimum atomic E-state index is -5.65. The maximum Gasteiger partial charge on any atom is 0.501 e. The van der Waals surface area contributed by atoms with E-state index >= 15 is 0 Å². The van der Waals surface area contributed by atoms with E-state index in [4.69, 9.17) is 4.74 Å². The molecule has 1 saturated heterocycles. The second kappa shape index (κ2) is 6.20. The number of nitrogens with zero attached hydrogens (tertiary/aromatic N) is 2. The van der Waals surface area contributed by atoms with Crippen LogP contribution in [0, 0.1) is 10.1 Å². The lowest BCUT2D eigenvalue weighted by atomic mass is 10.2. The highest BCUT2D eigenvalue weighted by Crippen LogP contribution is 2.36. The molecule has 0 aromatic heterocycles. The number of ether oxygens (including phenoxy) is 1. The van der Waals surface area contributed by atoms with Crippen LogP contribution in [0.25, 0.3) is 0 Å². The SMILES string of the molecule is C[C@@H]1CN(c2ccc(S(=O)(=O)C(F)(F)F)cc2[N+](=O)[O-])C[C@@H](C)O1. The molecule has 0 aliphatic carbocycles. The van der Waals surface area contributed by atoms with E-state index in [0.717, 1.165) is 12.1 Å². The first kappa shape index (κ1) is 18.5. The van der Waals surface area contributed by atoms with Gasteiger partial charge in [-0.25, -0.2) is 8.42 Å². The predicted molar refractivity (Wildman–Crippen MR) is 78.6 cm³/mol. The van der Waals surface area contributed by atoms with E-state index in [1.807, 2.05) is 0 Å². The van der Waals surface area contributed by atoms with Crippen LogP contribution in [0.1, 0.15) is 13.8 Å². The van der Waals surface area contributed by atoms with Gasteiger partial charge in [0.05, 0.1) is 22.0 Å². The number of benzene rings is 1. The third-order valence-corrected chi connectivity index (χ3v) is 5.00. The molecule has 0 saturated carbocycles. The monoisotopic (exact) mass is 368 g/mol. The summed E-state index contributed by atoms with van der Waals surface area (Å²) >= 11 is 0. The Morgan fingerprint density at radius 2 is 1.79 bits per heavy atom. The summed E-state index contributed by atoms with van der Waals surface area (Å²) in [6.07, 6.45) is -0.459. The van der Waals surface area contributed by atoms with Crippen LogP contribution >= 0.6 is 0 Å². The Bertz CT molecular complexity index is 740. The van der Waals surface area contributed by atoms with Crippen molar-refractivity contribution < 1.29 is 31.2 Å². The van der Waals surface area contributed by atoms with E-state index in [1.165, 1.54) is 0 Å². The Labute approximate surface area is 136 Å². The van der Waals surface area contributed by atoms with Gasteiger partial charge in [0.1, 0.15) is 5.69 Å². The molecule has 1 aromatic rings. The van der Waals surface area contributed by atoms with Gasteiger partial charge in [-0.1, -0.05) is 0 Å². The van der Waals surface area contributed by atoms with Gasteiger partial charge in [0, 0.05) is 19.2 Å². The van der Waals surface area contributed by atoms with Gasteiger partial charge in [0.2, 0.25) is 0 Å². The number of rotatable bonds is 3. The first-order valence-corrected chi connectivity index (χ1v) is 8.42. The van der Waals surface area contributed by atoms with Crippen LogP contribution in [-0.4, -0.2) is 44.1 Å². The van der Waals surface area contributed by atoms with Crippen molar-refractivity contribution in [2.45, 2.75) is 36.5 Å². The summed E-state index contributed by atoms with van der Waals surface area (Å²) in [4.78, 5) is 10.8. The molecular formula is C13H15F3N2O5S. The number of anilines is 1. The lowest BCUT2D eigenvalue weighted by Crippen LogP contribution is -2.45. The molecule has 0 spiro atoms. The van der Waals surface area contributed by atoms with Crippen LogP contribution < -0.4 is 4.90 Å². The number of morpholine rings is 1. The molecule has 1 aromatic carbocycles. The summed E-state index contributed by atoms with van der Waals surface area (Å²) < 4.78 is 66.3. The molecule has 0 radical (unpaired) electrons. The van der Waals surface area contributed by atoms with Gasteiger partial charge in [-0.05, 0) is 26.0 Å². The third kappa shape index (κ3) is 3.46. The number of halogens is 3. The zero-order chi connectivity index (χ0) is 18.3. The van der Waals surface area contributed by atoms with Gasteiger partial charge in [-0.15, -0.1) is 0 Å². The lowest BCUT2D eigenvalue weighted by Gasteiger charge is -2.36. The van der Waals surface area contributed by atoms with Crippen molar-refractivity contribution in [1.82, 2.24) is 0 Å². The fourth-order valence-electron chi connectivity index (χ4n) is 2.59. The molecule has 134 valence electrons. The summed E-state index contributed by atoms with van der Waals surface area (Å²) in [5.41, 5.74) is -6.16. The molecule has 1 aliphatic heterocycles. The number of sulfone groups is 1. The Kier molecular flexibility index (Phi) is 4.77. The second-order valence-corrected chi connectivity index (χ2v) is 7.46. The fourth-order valence-corrected chi connectivity index (χ4v) is 3.37. The Balaban J connectivity index is 2.51. The van der Waals surface area contributed by atoms with Crippen LogP contribution in [0.5, 0.6) is 0 Å². The van der Waals surface area contributed by atoms with E-state index in [1.54, 1.807) is 18.7 Å². The normalized spacial score (nSPS) is 22.5. The molecule has 7 nitrogen and oxygen atoms in total. The van der Waals surface area contributed by atoms with Crippen molar-refractivity contribution >= 4 is 21.2 Å². The number of nitro benzene ring substituents is 1. The van der Waals surface area contributed by atoms with E-state index in [9.17, 15) is 31.7 Å². The van der Waals surface area contributed by atoms with Crippen molar-refractivity contribution in [3.05, 3.63) is 28.3 Å². The zero-order valence-electron chi connectivity index (χ0n) is 12.8. The van der Waals surface area contributed by atoms with E-state index < -0.39 is 30.9 Å². The molecule has 24 heavy (non-hydrogen) atoms. The molecule has 11 heteroatoms. The number of nitro groups is 1. The highest BCUT2D eigenvalue weighted by atomic mass is 32.2. The Morgan fingerprint density at radius 3 is 2.25 bits per heavy atom. The van der Waals surface area contributed by atoms with Gasteiger partial charge in [-0.2, -0.15) is 13.2 Å². The highest BCUT2D eigenvalue weighted by Gasteiger charge is 2.47. The van der Waals surface area contributed by atoms with Gasteiger partial charge in [0.25, 0.3) is 15.5 Å². The Morgan fingerprint density at radius 1 is 1.25 bits per heavy atom. The molecule has 0 bridgehead atoms. The summed E-state index contributed by atoms with van der Waals surface area (Å²) in [7, 11) is -5.65. The minimum absolute atomic E-state index is 0.0584. The largest absolute Gasteiger partial charge is 0.501 e. The van der Waals surface area contributed by atoms with Gasteiger partial charge < -0.3 is 9.64 Å². The fraction of sp³-hybridized carbons (Fsp3) is 0.538. The second-order valence-electron chi connectivity index (χ2n) is 5.52. The van der Waals surface area contributed by atoms with Crippen LogP contribution in [-0.2, 0) is 14.6 Å². The molecule has 1 fully saturated rings. The van der Waals surface area contributed by atoms with Crippen molar-refractivity contribution in [2.75, 3.05) is 18.0 Å². The molecule has 1 heterocycles. The standard InChI is InChI=1S/C13H15F3N2O5S/c1-8-6-17(7-9(2)23-8)11-4-3-10(5-12(11)18(19)20)24(21,22)13(14,15)16/h3-5,8-9H,6-7H2,1-2H3/t8-,9-/m1/s1. The Hall–Kier alpha value is -1.88. The van der Waals surface area contributed by atoms with Crippen LogP contribution in [0.3, 0.4) is 0 Å². The van der Waals surface area contributed by atoms with Gasteiger partial charge in [0.15, 0.2) is 0 Å². The molecule has 0 amide bonds. The summed E-state index contributed by atoms with van der Waals surface area (Å²) in [5, 5.41) is 11.2. The number of hydrogen-bond donors (Lipinski definition) is 0. The van der Waals surface area contributed by atoms with Crippen LogP contribution in [0.15, 0.2) is 23.1 Å². The quantitative estimate of drug-likeness (QED) is 0.602. The predicted octanol–water partition coefficient (Wildman–Crippen LogP) is 2.50. The molecule has 0 N–H and O–H groups in total. The van der Waals surface area contributed by atoms with Crippen LogP contribution in [0.4, 0.5) is 24.5 Å². The highest BCUT2D eigenvalue weighted by molar-refractivity contribution is 7.92. The van der Waals surface area contributed by atoms with E-state index in [-0.39, 0.29) is 17.9 Å². The van der Waals surface area contributed by atoms with Crippen molar-refractivity contribution in [2.24, 2.45) is 0 Å². The van der Waals surface area contributed by atoms with Crippen LogP contribution in [0.2, 0.25) is 0 Å². The summed E-state index contributed by atoms with van der Waals surface area (Å²) in [6.45, 7) is 4.13. The molecule has 2 atom stereocenters. The average molecular weight is 368 g/mol. The summed E-state index contributed by atoms with van der Waals surface area (Å²) in [5.74, 6) is 0. The first-order valence-electron chi connectivity index (χ1n) is 6.93. The van der Waals surface area contributed by atoms with Gasteiger partial charge >= 0.3 is 5.51 Å². The van der Waals surface area contributed by atoms with Crippen molar-refractivity contribution in [3.63, 3.8) is 0 Å². The van der Waals surface area contributed by atoms with Crippen molar-refractivity contribution in [3.8, 4) is 0 Å². The third-order valence-electron chi connectivity index (χ3n) is 3.52. The number of hydrogen-bond acceptors (Lipinski definition) is 6. The maximum atomic E-state index is 12.6. The first-order chi connectivity index (χ1) is 10.9. The van der Waals surface area contributed by atoms with E-state index in [0.29, 0.717) is 19.2 Å². The van der Waals surface area contributed by atoms with Gasteiger partial charge in [-0.3, -0.25) is 10.1 Å². The zero-order valence-corrected chi connectivity index (χ0v) is 13.6. The lowest BCUT2D eigenvalue weighted by molar-refractivity contribution is -0.384. The minimum Gasteiger partial charge on any atom is -0.372 e. The summed E-state index contributed by atoms with van der Waals surface area (Å²) in [6, 6.07) is 2.21. The average Bonchev–Trinajstić information content (AvgIpc) is 2.44. The van der Waals surface area contributed by atoms with E-state index in [2.05, 4.69) is 0 Å². The van der Waals surface area contributed by atoms with Crippen molar-refractivity contribution in [1.29, 1.82) is 0 Å². The number of alkyl halides is 3. The smallest absolute Gasteiger partial charge is 0.372 e. The molecule has 0 unspecified atom stereocenters.